The highest BCUT2D eigenvalue weighted by Gasteiger charge is 2.42. The number of hydrogen-bond donors (Lipinski definition) is 5. The van der Waals surface area contributed by atoms with Crippen LogP contribution in [0.4, 0.5) is 5.69 Å². The monoisotopic (exact) mass is 400 g/mol. The summed E-state index contributed by atoms with van der Waals surface area (Å²) in [6.07, 6.45) is 1.70. The molecule has 0 saturated heterocycles. The topological polar surface area (TPSA) is 117 Å². The molecule has 9 heteroatoms. The molecule has 0 bridgehead atoms. The predicted octanol–water partition coefficient (Wildman–Crippen LogP) is 1.29. The molecule has 6 N–H and O–H groups in total. The summed E-state index contributed by atoms with van der Waals surface area (Å²) in [5.41, 5.74) is 6.92. The number of fused-ring (bicyclic) bond motifs is 1. The third-order valence-electron chi connectivity index (χ3n) is 5.06. The number of aliphatic hydroxyl groups is 1. The number of rotatable bonds is 3. The van der Waals surface area contributed by atoms with Crippen molar-refractivity contribution >= 4 is 23.6 Å². The second-order valence-corrected chi connectivity index (χ2v) is 7.47. The van der Waals surface area contributed by atoms with Crippen LogP contribution in [0.2, 0.25) is 5.02 Å². The Morgan fingerprint density at radius 3 is 2.89 bits per heavy atom. The smallest absolute Gasteiger partial charge is 0.276 e. The fourth-order valence-electron chi connectivity index (χ4n) is 3.74. The van der Waals surface area contributed by atoms with Crippen molar-refractivity contribution in [2.24, 2.45) is 10.7 Å². The van der Waals surface area contributed by atoms with E-state index in [1.165, 1.54) is 6.34 Å². The van der Waals surface area contributed by atoms with E-state index >= 15 is 0 Å². The Morgan fingerprint density at radius 2 is 2.18 bits per heavy atom. The average Bonchev–Trinajstić information content (AvgIpc) is 2.92. The van der Waals surface area contributed by atoms with Gasteiger partial charge in [-0.1, -0.05) is 23.7 Å². The minimum atomic E-state index is -0.988. The van der Waals surface area contributed by atoms with Gasteiger partial charge < -0.3 is 21.5 Å². The van der Waals surface area contributed by atoms with Crippen molar-refractivity contribution < 1.29 is 5.11 Å². The van der Waals surface area contributed by atoms with E-state index in [-0.39, 0.29) is 5.56 Å². The standard InChI is InChI=1S/C19H21ClN6O2/c1-10-6-13(24-15-8-14(21)22-9-23-15)18(28)26-16(10)17(27)25-19(26,2)11-4-3-5-12(20)7-11/h3-9,15,17,24-25,27H,21H2,1-2H3,(H,22,23). The van der Waals surface area contributed by atoms with Crippen molar-refractivity contribution in [2.45, 2.75) is 31.9 Å². The lowest BCUT2D eigenvalue weighted by molar-refractivity contribution is 0.125. The van der Waals surface area contributed by atoms with Crippen molar-refractivity contribution in [2.75, 3.05) is 5.32 Å². The first-order valence-electron chi connectivity index (χ1n) is 8.80. The number of aryl methyl sites for hydroxylation is 1. The fraction of sp³-hybridized carbons (Fsp3) is 0.263. The van der Waals surface area contributed by atoms with E-state index in [0.29, 0.717) is 22.2 Å². The van der Waals surface area contributed by atoms with E-state index in [4.69, 9.17) is 17.3 Å². The van der Waals surface area contributed by atoms with E-state index in [1.54, 1.807) is 28.8 Å². The molecule has 1 aromatic carbocycles. The number of aliphatic hydroxyl groups excluding tert-OH is 1. The lowest BCUT2D eigenvalue weighted by Crippen LogP contribution is -2.46. The normalized spacial score (nSPS) is 25.8. The van der Waals surface area contributed by atoms with Gasteiger partial charge in [0.05, 0.1) is 12.0 Å². The maximum atomic E-state index is 13.4. The van der Waals surface area contributed by atoms with E-state index in [1.807, 2.05) is 26.0 Å². The summed E-state index contributed by atoms with van der Waals surface area (Å²) in [4.78, 5) is 17.6. The van der Waals surface area contributed by atoms with E-state index in [9.17, 15) is 9.90 Å². The van der Waals surface area contributed by atoms with Gasteiger partial charge in [-0.2, -0.15) is 0 Å². The van der Waals surface area contributed by atoms with Crippen LogP contribution in [0.15, 0.2) is 52.0 Å². The zero-order chi connectivity index (χ0) is 20.1. The minimum Gasteiger partial charge on any atom is -0.385 e. The van der Waals surface area contributed by atoms with Gasteiger partial charge in [0.25, 0.3) is 5.56 Å². The molecule has 8 nitrogen and oxygen atoms in total. The number of pyridine rings is 1. The maximum absolute atomic E-state index is 13.4. The summed E-state index contributed by atoms with van der Waals surface area (Å²) < 4.78 is 1.57. The summed E-state index contributed by atoms with van der Waals surface area (Å²) in [6.45, 7) is 3.69. The summed E-state index contributed by atoms with van der Waals surface area (Å²) >= 11 is 6.16. The van der Waals surface area contributed by atoms with Gasteiger partial charge in [0.1, 0.15) is 29.6 Å². The molecule has 3 heterocycles. The molecule has 28 heavy (non-hydrogen) atoms. The molecule has 0 radical (unpaired) electrons. The van der Waals surface area contributed by atoms with Crippen LogP contribution in [-0.2, 0) is 5.66 Å². The van der Waals surface area contributed by atoms with Crippen molar-refractivity contribution in [3.63, 3.8) is 0 Å². The molecule has 2 aliphatic heterocycles. The Bertz CT molecular complexity index is 1060. The lowest BCUT2D eigenvalue weighted by Gasteiger charge is -2.29. The highest BCUT2D eigenvalue weighted by Crippen LogP contribution is 2.36. The molecule has 146 valence electrons. The molecule has 3 unspecified atom stereocenters. The Morgan fingerprint density at radius 1 is 1.39 bits per heavy atom. The molecule has 0 fully saturated rings. The molecule has 4 rings (SSSR count). The van der Waals surface area contributed by atoms with Crippen LogP contribution in [0.5, 0.6) is 0 Å². The maximum Gasteiger partial charge on any atom is 0.276 e. The largest absolute Gasteiger partial charge is 0.385 e. The Labute approximate surface area is 166 Å². The van der Waals surface area contributed by atoms with Crippen molar-refractivity contribution in [3.8, 4) is 0 Å². The second-order valence-electron chi connectivity index (χ2n) is 7.03. The minimum absolute atomic E-state index is 0.284. The van der Waals surface area contributed by atoms with E-state index in [0.717, 1.165) is 11.1 Å². The molecule has 0 spiro atoms. The fourth-order valence-corrected chi connectivity index (χ4v) is 3.93. The van der Waals surface area contributed by atoms with Gasteiger partial charge in [0.2, 0.25) is 0 Å². The number of halogens is 1. The lowest BCUT2D eigenvalue weighted by atomic mass is 10.0. The zero-order valence-electron chi connectivity index (χ0n) is 15.4. The van der Waals surface area contributed by atoms with Crippen LogP contribution in [0.1, 0.15) is 30.0 Å². The van der Waals surface area contributed by atoms with Crippen molar-refractivity contribution in [1.29, 1.82) is 0 Å². The van der Waals surface area contributed by atoms with Gasteiger partial charge in [0.15, 0.2) is 0 Å². The van der Waals surface area contributed by atoms with Gasteiger partial charge in [-0.05, 0) is 43.2 Å². The predicted molar refractivity (Wildman–Crippen MR) is 109 cm³/mol. The third kappa shape index (κ3) is 2.95. The van der Waals surface area contributed by atoms with Crippen LogP contribution in [0.3, 0.4) is 0 Å². The highest BCUT2D eigenvalue weighted by molar-refractivity contribution is 6.30. The van der Waals surface area contributed by atoms with Gasteiger partial charge in [-0.25, -0.2) is 4.99 Å². The quantitative estimate of drug-likeness (QED) is 0.530. The molecule has 0 saturated carbocycles. The number of nitrogens with two attached hydrogens (primary N) is 1. The molecule has 2 aliphatic rings. The van der Waals surface area contributed by atoms with Gasteiger partial charge >= 0.3 is 0 Å². The Kier molecular flexibility index (Phi) is 4.41. The second kappa shape index (κ2) is 6.66. The van der Waals surface area contributed by atoms with E-state index in [2.05, 4.69) is 20.9 Å². The van der Waals surface area contributed by atoms with Crippen LogP contribution in [0.25, 0.3) is 0 Å². The molecule has 0 amide bonds. The first kappa shape index (κ1) is 18.5. The molecule has 2 aromatic rings. The molecule has 1 aromatic heterocycles. The summed E-state index contributed by atoms with van der Waals surface area (Å²) in [6, 6.07) is 8.93. The number of hydrogen-bond acceptors (Lipinski definition) is 7. The Balaban J connectivity index is 1.85. The summed E-state index contributed by atoms with van der Waals surface area (Å²) in [7, 11) is 0. The van der Waals surface area contributed by atoms with E-state index < -0.39 is 18.1 Å². The number of nitrogens with one attached hydrogen (secondary N) is 3. The number of nitrogens with zero attached hydrogens (tertiary/aromatic N) is 2. The first-order chi connectivity index (χ1) is 13.3. The van der Waals surface area contributed by atoms with Gasteiger partial charge in [0, 0.05) is 11.1 Å². The number of aromatic nitrogens is 1. The van der Waals surface area contributed by atoms with Crippen molar-refractivity contribution in [1.82, 2.24) is 15.2 Å². The van der Waals surface area contributed by atoms with Crippen LogP contribution in [0, 0.1) is 6.92 Å². The first-order valence-corrected chi connectivity index (χ1v) is 9.18. The molecular weight excluding hydrogens is 380 g/mol. The number of anilines is 1. The average molecular weight is 401 g/mol. The number of aliphatic imine (C=N–C) groups is 1. The zero-order valence-corrected chi connectivity index (χ0v) is 16.2. The van der Waals surface area contributed by atoms with Crippen LogP contribution >= 0.6 is 11.6 Å². The number of benzene rings is 1. The van der Waals surface area contributed by atoms with Gasteiger partial charge in [-0.3, -0.25) is 14.7 Å². The highest BCUT2D eigenvalue weighted by atomic mass is 35.5. The molecule has 3 atom stereocenters. The Hall–Kier alpha value is -2.81. The van der Waals surface area contributed by atoms with Crippen LogP contribution < -0.4 is 27.2 Å². The van der Waals surface area contributed by atoms with Crippen LogP contribution in [-0.4, -0.2) is 22.2 Å². The summed E-state index contributed by atoms with van der Waals surface area (Å²) in [5.74, 6) is 0.450. The SMILES string of the molecule is Cc1cc(NC2C=C(N)NC=N2)c(=O)n2c1C(O)NC2(C)c1cccc(Cl)c1. The molecular formula is C19H21ClN6O2. The third-order valence-corrected chi connectivity index (χ3v) is 5.29. The van der Waals surface area contributed by atoms with Crippen molar-refractivity contribution in [3.05, 3.63) is 74.4 Å². The molecule has 0 aliphatic carbocycles. The summed E-state index contributed by atoms with van der Waals surface area (Å²) in [5, 5.41) is 20.2. The van der Waals surface area contributed by atoms with Gasteiger partial charge in [-0.15, -0.1) is 0 Å².